The fraction of sp³-hybridized carbons (Fsp3) is 0.143. The van der Waals surface area contributed by atoms with Crippen molar-refractivity contribution in [2.45, 2.75) is 11.8 Å². The van der Waals surface area contributed by atoms with Gasteiger partial charge < -0.3 is 5.11 Å². The van der Waals surface area contributed by atoms with Crippen molar-refractivity contribution in [3.8, 4) is 11.8 Å². The monoisotopic (exact) mass is 303 g/mol. The number of aromatic nitrogens is 2. The second-order valence-corrected chi connectivity index (χ2v) is 5.80. The molecule has 21 heavy (non-hydrogen) atoms. The number of nitrogens with one attached hydrogen (secondary N) is 1. The maximum absolute atomic E-state index is 12.2. The van der Waals surface area contributed by atoms with Crippen LogP contribution in [0.1, 0.15) is 11.1 Å². The molecule has 1 heterocycles. The van der Waals surface area contributed by atoms with E-state index >= 15 is 0 Å². The van der Waals surface area contributed by atoms with Gasteiger partial charge in [0.2, 0.25) is 5.95 Å². The molecule has 2 aromatic rings. The number of hydrogen-bond donors (Lipinski definition) is 2. The summed E-state index contributed by atoms with van der Waals surface area (Å²) in [6.07, 6.45) is 2.90. The van der Waals surface area contributed by atoms with Crippen LogP contribution in [0.4, 0.5) is 5.95 Å². The molecule has 0 fully saturated rings. The maximum atomic E-state index is 12.2. The third-order valence-electron chi connectivity index (χ3n) is 2.60. The molecular weight excluding hydrogens is 290 g/mol. The van der Waals surface area contributed by atoms with E-state index in [0.29, 0.717) is 11.1 Å². The average Bonchev–Trinajstić information content (AvgIpc) is 2.46. The van der Waals surface area contributed by atoms with Gasteiger partial charge in [-0.3, -0.25) is 0 Å². The highest BCUT2D eigenvalue weighted by Gasteiger charge is 2.16. The Kier molecular flexibility index (Phi) is 4.52. The zero-order chi connectivity index (χ0) is 15.3. The lowest BCUT2D eigenvalue weighted by Crippen LogP contribution is -2.15. The lowest BCUT2D eigenvalue weighted by atomic mass is 10.1. The molecule has 0 aliphatic carbocycles. The van der Waals surface area contributed by atoms with Crippen LogP contribution in [0.25, 0.3) is 0 Å². The van der Waals surface area contributed by atoms with Crippen LogP contribution in [0.15, 0.2) is 41.6 Å². The molecule has 0 spiro atoms. The summed E-state index contributed by atoms with van der Waals surface area (Å²) < 4.78 is 26.7. The summed E-state index contributed by atoms with van der Waals surface area (Å²) in [6.45, 7) is 1.51. The molecule has 0 bridgehead atoms. The van der Waals surface area contributed by atoms with Crippen molar-refractivity contribution in [1.29, 1.82) is 0 Å². The van der Waals surface area contributed by atoms with Crippen molar-refractivity contribution < 1.29 is 13.5 Å². The van der Waals surface area contributed by atoms with E-state index in [1.165, 1.54) is 24.5 Å². The summed E-state index contributed by atoms with van der Waals surface area (Å²) >= 11 is 0. The van der Waals surface area contributed by atoms with Crippen LogP contribution in [0.2, 0.25) is 0 Å². The van der Waals surface area contributed by atoms with Gasteiger partial charge >= 0.3 is 0 Å². The van der Waals surface area contributed by atoms with E-state index in [1.54, 1.807) is 19.1 Å². The molecule has 2 N–H and O–H groups in total. The summed E-state index contributed by atoms with van der Waals surface area (Å²) in [5.74, 6) is 5.29. The first kappa shape index (κ1) is 15.0. The second-order valence-electron chi connectivity index (χ2n) is 4.11. The lowest BCUT2D eigenvalue weighted by molar-refractivity contribution is 0.350. The fourth-order valence-electron chi connectivity index (χ4n) is 1.61. The quantitative estimate of drug-likeness (QED) is 0.823. The van der Waals surface area contributed by atoms with E-state index in [0.717, 1.165) is 0 Å². The Bertz CT molecular complexity index is 793. The van der Waals surface area contributed by atoms with Crippen LogP contribution < -0.4 is 4.72 Å². The summed E-state index contributed by atoms with van der Waals surface area (Å²) in [4.78, 5) is 7.74. The molecule has 0 saturated carbocycles. The summed E-state index contributed by atoms with van der Waals surface area (Å²) in [5.41, 5.74) is 1.37. The maximum Gasteiger partial charge on any atom is 0.264 e. The smallest absolute Gasteiger partial charge is 0.264 e. The van der Waals surface area contributed by atoms with Crippen molar-refractivity contribution in [2.24, 2.45) is 0 Å². The van der Waals surface area contributed by atoms with E-state index in [1.807, 2.05) is 0 Å². The predicted octanol–water partition coefficient (Wildman–Crippen LogP) is 0.930. The van der Waals surface area contributed by atoms with Crippen molar-refractivity contribution in [3.05, 3.63) is 47.8 Å². The van der Waals surface area contributed by atoms with E-state index in [-0.39, 0.29) is 17.5 Å². The summed E-state index contributed by atoms with van der Waals surface area (Å²) in [6, 6.07) is 6.14. The summed E-state index contributed by atoms with van der Waals surface area (Å²) in [5, 5.41) is 8.67. The standard InChI is InChI=1S/C14H13N3O3S/c1-11-10-13(6-5-12(11)4-2-9-18)21(19,20)17-14-15-7-3-8-16-14/h3,5-8,10,18H,9H2,1H3,(H,15,16,17). The predicted molar refractivity (Wildman–Crippen MR) is 78.0 cm³/mol. The number of sulfonamides is 1. The minimum Gasteiger partial charge on any atom is -0.384 e. The summed E-state index contributed by atoms with van der Waals surface area (Å²) in [7, 11) is -3.75. The van der Waals surface area contributed by atoms with Crippen molar-refractivity contribution >= 4 is 16.0 Å². The van der Waals surface area contributed by atoms with Gasteiger partial charge in [0.15, 0.2) is 0 Å². The van der Waals surface area contributed by atoms with Crippen LogP contribution in [0, 0.1) is 18.8 Å². The van der Waals surface area contributed by atoms with E-state index < -0.39 is 10.0 Å². The molecule has 0 atom stereocenters. The van der Waals surface area contributed by atoms with Gasteiger partial charge in [0, 0.05) is 18.0 Å². The van der Waals surface area contributed by atoms with Gasteiger partial charge in [-0.15, -0.1) is 0 Å². The van der Waals surface area contributed by atoms with Gasteiger partial charge in [-0.25, -0.2) is 23.1 Å². The van der Waals surface area contributed by atoms with Gasteiger partial charge in [-0.05, 0) is 36.8 Å². The number of hydrogen-bond acceptors (Lipinski definition) is 5. The number of aryl methyl sites for hydroxylation is 1. The number of nitrogens with zero attached hydrogens (tertiary/aromatic N) is 2. The Hall–Kier alpha value is -2.43. The number of aliphatic hydroxyl groups is 1. The van der Waals surface area contributed by atoms with Crippen LogP contribution >= 0.6 is 0 Å². The van der Waals surface area contributed by atoms with Crippen LogP contribution in [-0.2, 0) is 10.0 Å². The second kappa shape index (κ2) is 6.35. The highest BCUT2D eigenvalue weighted by Crippen LogP contribution is 2.17. The minimum absolute atomic E-state index is 0.0132. The Labute approximate surface area is 122 Å². The number of benzene rings is 1. The Morgan fingerprint density at radius 3 is 2.62 bits per heavy atom. The van der Waals surface area contributed by atoms with Crippen molar-refractivity contribution in [1.82, 2.24) is 9.97 Å². The highest BCUT2D eigenvalue weighted by atomic mass is 32.2. The first-order valence-electron chi connectivity index (χ1n) is 6.03. The molecule has 7 heteroatoms. The van der Waals surface area contributed by atoms with Crippen LogP contribution in [0.5, 0.6) is 0 Å². The van der Waals surface area contributed by atoms with Gasteiger partial charge in [0.25, 0.3) is 10.0 Å². The zero-order valence-corrected chi connectivity index (χ0v) is 12.1. The normalized spacial score (nSPS) is 10.6. The number of anilines is 1. The molecule has 0 aliphatic heterocycles. The lowest BCUT2D eigenvalue weighted by Gasteiger charge is -2.07. The SMILES string of the molecule is Cc1cc(S(=O)(=O)Nc2ncccn2)ccc1C#CCO. The molecule has 0 amide bonds. The molecule has 0 saturated heterocycles. The Balaban J connectivity index is 2.31. The van der Waals surface area contributed by atoms with E-state index in [4.69, 9.17) is 5.11 Å². The average molecular weight is 303 g/mol. The number of aliphatic hydroxyl groups excluding tert-OH is 1. The molecule has 6 nitrogen and oxygen atoms in total. The Morgan fingerprint density at radius 2 is 2.00 bits per heavy atom. The van der Waals surface area contributed by atoms with E-state index in [2.05, 4.69) is 26.5 Å². The largest absolute Gasteiger partial charge is 0.384 e. The van der Waals surface area contributed by atoms with Crippen LogP contribution in [-0.4, -0.2) is 30.1 Å². The van der Waals surface area contributed by atoms with Crippen LogP contribution in [0.3, 0.4) is 0 Å². The highest BCUT2D eigenvalue weighted by molar-refractivity contribution is 7.92. The molecule has 0 aliphatic rings. The molecule has 2 rings (SSSR count). The zero-order valence-electron chi connectivity index (χ0n) is 11.2. The van der Waals surface area contributed by atoms with Gasteiger partial charge in [-0.2, -0.15) is 0 Å². The third-order valence-corrected chi connectivity index (χ3v) is 3.93. The number of rotatable bonds is 3. The first-order chi connectivity index (χ1) is 10.0. The Morgan fingerprint density at radius 1 is 1.29 bits per heavy atom. The minimum atomic E-state index is -3.75. The molecule has 1 aromatic carbocycles. The molecular formula is C14H13N3O3S. The molecule has 108 valence electrons. The third kappa shape index (κ3) is 3.78. The molecule has 0 radical (unpaired) electrons. The first-order valence-corrected chi connectivity index (χ1v) is 7.51. The van der Waals surface area contributed by atoms with Gasteiger partial charge in [0.05, 0.1) is 4.90 Å². The molecule has 1 aromatic heterocycles. The van der Waals surface area contributed by atoms with Crippen molar-refractivity contribution in [2.75, 3.05) is 11.3 Å². The molecule has 0 unspecified atom stereocenters. The van der Waals surface area contributed by atoms with Crippen molar-refractivity contribution in [3.63, 3.8) is 0 Å². The topological polar surface area (TPSA) is 92.2 Å². The van der Waals surface area contributed by atoms with Gasteiger partial charge in [0.1, 0.15) is 6.61 Å². The fourth-order valence-corrected chi connectivity index (χ4v) is 2.65. The van der Waals surface area contributed by atoms with Gasteiger partial charge in [-0.1, -0.05) is 11.8 Å². The van der Waals surface area contributed by atoms with E-state index in [9.17, 15) is 8.42 Å².